The van der Waals surface area contributed by atoms with Crippen molar-refractivity contribution in [3.05, 3.63) is 110 Å². The maximum atomic E-state index is 4.78. The molecule has 1 nitrogen and oxygen atoms in total. The molecule has 3 rings (SSSR count). The SMILES string of the molecule is [CH3-].[Cl][Ir+2].[c-]1ccccc1C(=Nc1ccccc1)c1ccccc1. The summed E-state index contributed by atoms with van der Waals surface area (Å²) in [5.41, 5.74) is 3.99. The first-order valence-electron chi connectivity index (χ1n) is 6.72. The van der Waals surface area contributed by atoms with Crippen molar-refractivity contribution in [1.82, 2.24) is 0 Å². The van der Waals surface area contributed by atoms with Gasteiger partial charge in [-0.2, -0.15) is 0 Å². The number of nitrogens with zero attached hydrogens (tertiary/aromatic N) is 1. The number of para-hydroxylation sites is 1. The molecule has 0 bridgehead atoms. The van der Waals surface area contributed by atoms with Gasteiger partial charge in [-0.05, 0) is 23.4 Å². The van der Waals surface area contributed by atoms with E-state index in [9.17, 15) is 0 Å². The fourth-order valence-electron chi connectivity index (χ4n) is 2.05. The Labute approximate surface area is 153 Å². The van der Waals surface area contributed by atoms with Gasteiger partial charge in [0.15, 0.2) is 0 Å². The van der Waals surface area contributed by atoms with Gasteiger partial charge in [0, 0.05) is 0 Å². The van der Waals surface area contributed by atoms with E-state index in [1.165, 1.54) is 17.9 Å². The molecule has 0 saturated carbocycles. The monoisotopic (exact) mass is 499 g/mol. The summed E-state index contributed by atoms with van der Waals surface area (Å²) in [5, 5.41) is 0. The van der Waals surface area contributed by atoms with E-state index >= 15 is 0 Å². The molecular weight excluding hydrogens is 482 g/mol. The zero-order valence-corrected chi connectivity index (χ0v) is 15.9. The van der Waals surface area contributed by atoms with Crippen LogP contribution in [0.4, 0.5) is 5.69 Å². The molecule has 0 saturated heterocycles. The molecule has 118 valence electrons. The third-order valence-electron chi connectivity index (χ3n) is 3.01. The van der Waals surface area contributed by atoms with Gasteiger partial charge in [-0.15, -0.1) is 35.9 Å². The minimum atomic E-state index is 0. The number of aliphatic imine (C=N–C) groups is 1. The molecule has 0 aliphatic carbocycles. The Hall–Kier alpha value is -1.73. The fraction of sp³-hybridized carbons (Fsp3) is 0. The average Bonchev–Trinajstić information content (AvgIpc) is 2.64. The van der Waals surface area contributed by atoms with Crippen LogP contribution in [-0.2, 0) is 17.9 Å². The van der Waals surface area contributed by atoms with Crippen LogP contribution in [0, 0.1) is 13.5 Å². The molecule has 0 spiro atoms. The summed E-state index contributed by atoms with van der Waals surface area (Å²) in [6.07, 6.45) is 0. The summed E-state index contributed by atoms with van der Waals surface area (Å²) in [5.74, 6) is 0. The van der Waals surface area contributed by atoms with Crippen LogP contribution in [-0.4, -0.2) is 5.71 Å². The first-order valence-corrected chi connectivity index (χ1v) is 9.69. The third-order valence-corrected chi connectivity index (χ3v) is 3.01. The van der Waals surface area contributed by atoms with Gasteiger partial charge in [-0.1, -0.05) is 48.5 Å². The zero-order chi connectivity index (χ0) is 15.6. The summed E-state index contributed by atoms with van der Waals surface area (Å²) in [7, 11) is 4.64. The van der Waals surface area contributed by atoms with E-state index in [-0.39, 0.29) is 7.43 Å². The molecule has 3 aromatic rings. The van der Waals surface area contributed by atoms with Crippen molar-refractivity contribution in [1.29, 1.82) is 0 Å². The fourth-order valence-corrected chi connectivity index (χ4v) is 2.05. The largest absolute Gasteiger partial charge is 0.296 e. The van der Waals surface area contributed by atoms with E-state index < -0.39 is 0 Å². The Morgan fingerprint density at radius 2 is 1.35 bits per heavy atom. The molecule has 0 aromatic heterocycles. The molecule has 3 heteroatoms. The van der Waals surface area contributed by atoms with E-state index in [0.717, 1.165) is 22.5 Å². The molecule has 3 aromatic carbocycles. The standard InChI is InChI=1S/C19H14N.CH3.ClH.Ir/c1-4-10-16(11-5-1)19(17-12-6-2-7-13-17)20-18-14-8-3-9-15-18;;;/h1-12,14-15H;1H3;1H;/q2*-1;;+3/p-1. The van der Waals surface area contributed by atoms with Gasteiger partial charge in [-0.25, -0.2) is 0 Å². The van der Waals surface area contributed by atoms with E-state index in [1.54, 1.807) is 0 Å². The van der Waals surface area contributed by atoms with E-state index in [1.807, 2.05) is 72.8 Å². The smallest absolute Gasteiger partial charge is 0.0523 e. The summed E-state index contributed by atoms with van der Waals surface area (Å²) in [6, 6.07) is 31.4. The van der Waals surface area contributed by atoms with Crippen molar-refractivity contribution in [2.24, 2.45) is 4.99 Å². The maximum absolute atomic E-state index is 4.78. The summed E-state index contributed by atoms with van der Waals surface area (Å²) in [4.78, 5) is 4.78. The molecule has 0 unspecified atom stereocenters. The van der Waals surface area contributed by atoms with Crippen molar-refractivity contribution in [3.8, 4) is 0 Å². The topological polar surface area (TPSA) is 12.4 Å². The van der Waals surface area contributed by atoms with Crippen molar-refractivity contribution in [2.75, 3.05) is 0 Å². The molecule has 23 heavy (non-hydrogen) atoms. The Kier molecular flexibility index (Phi) is 9.16. The minimum Gasteiger partial charge on any atom is -0.296 e. The normalized spacial score (nSPS) is 10.1. The van der Waals surface area contributed by atoms with Crippen LogP contribution in [0.3, 0.4) is 0 Å². The Morgan fingerprint density at radius 3 is 1.91 bits per heavy atom. The van der Waals surface area contributed by atoms with Crippen LogP contribution >= 0.6 is 9.58 Å². The molecule has 0 aliphatic rings. The Bertz CT molecular complexity index is 656. The minimum absolute atomic E-state index is 0. The van der Waals surface area contributed by atoms with Gasteiger partial charge in [0.1, 0.15) is 0 Å². The second kappa shape index (κ2) is 10.9. The van der Waals surface area contributed by atoms with Crippen molar-refractivity contribution < 1.29 is 17.9 Å². The van der Waals surface area contributed by atoms with E-state index in [2.05, 4.69) is 27.8 Å². The first-order chi connectivity index (χ1) is 10.9. The molecule has 0 aliphatic heterocycles. The van der Waals surface area contributed by atoms with Gasteiger partial charge >= 0.3 is 27.5 Å². The van der Waals surface area contributed by atoms with Crippen LogP contribution < -0.4 is 0 Å². The van der Waals surface area contributed by atoms with Crippen molar-refractivity contribution in [3.63, 3.8) is 0 Å². The number of hydrogen-bond donors (Lipinski definition) is 0. The van der Waals surface area contributed by atoms with Crippen molar-refractivity contribution >= 4 is 21.0 Å². The summed E-state index contributed by atoms with van der Waals surface area (Å²) in [6.45, 7) is 0. The van der Waals surface area contributed by atoms with E-state index in [4.69, 9.17) is 4.99 Å². The molecule has 0 N–H and O–H groups in total. The second-order valence-electron chi connectivity index (χ2n) is 4.44. The van der Waals surface area contributed by atoms with Crippen LogP contribution in [0.2, 0.25) is 0 Å². The zero-order valence-electron chi connectivity index (χ0n) is 12.7. The number of rotatable bonds is 3. The second-order valence-corrected chi connectivity index (χ2v) is 4.44. The average molecular weight is 499 g/mol. The van der Waals surface area contributed by atoms with Gasteiger partial charge in [0.2, 0.25) is 0 Å². The quantitative estimate of drug-likeness (QED) is 0.320. The summed E-state index contributed by atoms with van der Waals surface area (Å²) >= 11 is 1.47. The van der Waals surface area contributed by atoms with Crippen LogP contribution in [0.1, 0.15) is 11.1 Å². The Balaban J connectivity index is 0.000000849. The molecule has 0 atom stereocenters. The molecule has 0 radical (unpaired) electrons. The van der Waals surface area contributed by atoms with Gasteiger partial charge in [-0.3, -0.25) is 4.99 Å². The number of halogens is 1. The first kappa shape index (κ1) is 19.3. The van der Waals surface area contributed by atoms with E-state index in [0.29, 0.717) is 0 Å². The Morgan fingerprint density at radius 1 is 0.783 bits per heavy atom. The van der Waals surface area contributed by atoms with Crippen molar-refractivity contribution in [2.45, 2.75) is 0 Å². The molecule has 0 amide bonds. The molecule has 0 heterocycles. The molecular formula is C20H17ClIrN. The number of hydrogen-bond acceptors (Lipinski definition) is 1. The summed E-state index contributed by atoms with van der Waals surface area (Å²) < 4.78 is 0. The predicted molar refractivity (Wildman–Crippen MR) is 95.7 cm³/mol. The van der Waals surface area contributed by atoms with Crippen LogP contribution in [0.5, 0.6) is 0 Å². The molecule has 0 fully saturated rings. The van der Waals surface area contributed by atoms with Gasteiger partial charge < -0.3 is 7.43 Å². The van der Waals surface area contributed by atoms with Crippen LogP contribution in [0.15, 0.2) is 89.9 Å². The third kappa shape index (κ3) is 5.76. The van der Waals surface area contributed by atoms with Gasteiger partial charge in [0.25, 0.3) is 0 Å². The van der Waals surface area contributed by atoms with Crippen LogP contribution in [0.25, 0.3) is 0 Å². The maximum Gasteiger partial charge on any atom is 0.0523 e. The number of benzene rings is 3. The predicted octanol–water partition coefficient (Wildman–Crippen LogP) is 5.79. The van der Waals surface area contributed by atoms with Gasteiger partial charge in [0.05, 0.1) is 5.69 Å².